The molecule has 0 heterocycles. The maximum atomic E-state index is 13.7. The van der Waals surface area contributed by atoms with E-state index in [0.29, 0.717) is 18.5 Å². The van der Waals surface area contributed by atoms with Gasteiger partial charge < -0.3 is 5.32 Å². The van der Waals surface area contributed by atoms with Crippen LogP contribution < -0.4 is 9.62 Å². The molecule has 0 aliphatic carbocycles. The maximum Gasteiger partial charge on any atom is 0.254 e. The van der Waals surface area contributed by atoms with E-state index in [1.54, 1.807) is 6.07 Å². The highest BCUT2D eigenvalue weighted by Gasteiger charge is 2.22. The van der Waals surface area contributed by atoms with Gasteiger partial charge >= 0.3 is 0 Å². The van der Waals surface area contributed by atoms with Gasteiger partial charge in [0.2, 0.25) is 10.0 Å². The topological polar surface area (TPSA) is 66.5 Å². The number of halogens is 1. The zero-order chi connectivity index (χ0) is 20.0. The van der Waals surface area contributed by atoms with E-state index < -0.39 is 21.7 Å². The third-order valence-corrected chi connectivity index (χ3v) is 5.50. The molecule has 0 bridgehead atoms. The number of carbonyl (C=O) groups excluding carboxylic acids is 1. The van der Waals surface area contributed by atoms with Crippen LogP contribution in [-0.2, 0) is 22.9 Å². The SMILES string of the molecule is CCc1cccc(CC)c1N(CCNC(=O)c1ccccc1F)S(C)(=O)=O. The van der Waals surface area contributed by atoms with Gasteiger partial charge in [-0.05, 0) is 36.1 Å². The van der Waals surface area contributed by atoms with E-state index in [9.17, 15) is 17.6 Å². The van der Waals surface area contributed by atoms with Crippen molar-refractivity contribution in [3.8, 4) is 0 Å². The van der Waals surface area contributed by atoms with Crippen molar-refractivity contribution < 1.29 is 17.6 Å². The number of benzene rings is 2. The van der Waals surface area contributed by atoms with Crippen molar-refractivity contribution in [2.24, 2.45) is 0 Å². The Morgan fingerprint density at radius 1 is 1.04 bits per heavy atom. The quantitative estimate of drug-likeness (QED) is 0.750. The zero-order valence-corrected chi connectivity index (χ0v) is 16.6. The Kier molecular flexibility index (Phi) is 6.96. The smallest absolute Gasteiger partial charge is 0.254 e. The summed E-state index contributed by atoms with van der Waals surface area (Å²) in [6, 6.07) is 11.4. The molecular formula is C20H25FN2O3S. The minimum Gasteiger partial charge on any atom is -0.350 e. The Hall–Kier alpha value is -2.41. The maximum absolute atomic E-state index is 13.7. The van der Waals surface area contributed by atoms with Crippen LogP contribution in [-0.4, -0.2) is 33.7 Å². The van der Waals surface area contributed by atoms with E-state index in [2.05, 4.69) is 5.32 Å². The zero-order valence-electron chi connectivity index (χ0n) is 15.8. The van der Waals surface area contributed by atoms with Crippen LogP contribution in [0.5, 0.6) is 0 Å². The predicted octanol–water partition coefficient (Wildman–Crippen LogP) is 3.15. The highest BCUT2D eigenvalue weighted by atomic mass is 32.2. The number of sulfonamides is 1. The monoisotopic (exact) mass is 392 g/mol. The number of aryl methyl sites for hydroxylation is 2. The summed E-state index contributed by atoms with van der Waals surface area (Å²) in [7, 11) is -3.55. The summed E-state index contributed by atoms with van der Waals surface area (Å²) >= 11 is 0. The number of para-hydroxylation sites is 1. The van der Waals surface area contributed by atoms with Gasteiger partial charge in [0.25, 0.3) is 5.91 Å². The molecule has 0 unspecified atom stereocenters. The molecule has 7 heteroatoms. The summed E-state index contributed by atoms with van der Waals surface area (Å²) < 4.78 is 39.9. The van der Waals surface area contributed by atoms with E-state index >= 15 is 0 Å². The highest BCUT2D eigenvalue weighted by molar-refractivity contribution is 7.92. The van der Waals surface area contributed by atoms with E-state index in [1.165, 1.54) is 22.5 Å². The second-order valence-corrected chi connectivity index (χ2v) is 8.11. The second kappa shape index (κ2) is 8.99. The van der Waals surface area contributed by atoms with Crippen LogP contribution in [0.25, 0.3) is 0 Å². The average Bonchev–Trinajstić information content (AvgIpc) is 2.64. The number of nitrogens with one attached hydrogen (secondary N) is 1. The van der Waals surface area contributed by atoms with Crippen molar-refractivity contribution in [3.05, 3.63) is 65.0 Å². The molecule has 2 aromatic rings. The summed E-state index contributed by atoms with van der Waals surface area (Å²) in [6.07, 6.45) is 2.53. The number of anilines is 1. The predicted molar refractivity (Wildman–Crippen MR) is 106 cm³/mol. The van der Waals surface area contributed by atoms with Crippen molar-refractivity contribution >= 4 is 21.6 Å². The van der Waals surface area contributed by atoms with Crippen molar-refractivity contribution in [3.63, 3.8) is 0 Å². The summed E-state index contributed by atoms with van der Waals surface area (Å²) in [6.45, 7) is 4.09. The lowest BCUT2D eigenvalue weighted by Crippen LogP contribution is -2.39. The lowest BCUT2D eigenvalue weighted by Gasteiger charge is -2.27. The van der Waals surface area contributed by atoms with Gasteiger partial charge in [-0.3, -0.25) is 9.10 Å². The molecule has 1 N–H and O–H groups in total. The molecule has 146 valence electrons. The van der Waals surface area contributed by atoms with Crippen LogP contribution in [0.2, 0.25) is 0 Å². The molecule has 0 atom stereocenters. The molecule has 0 saturated heterocycles. The van der Waals surface area contributed by atoms with Crippen LogP contribution in [0.1, 0.15) is 35.3 Å². The number of rotatable bonds is 8. The Labute approximate surface area is 160 Å². The fraction of sp³-hybridized carbons (Fsp3) is 0.350. The number of hydrogen-bond donors (Lipinski definition) is 1. The van der Waals surface area contributed by atoms with E-state index in [4.69, 9.17) is 0 Å². The van der Waals surface area contributed by atoms with Crippen molar-refractivity contribution in [1.82, 2.24) is 5.32 Å². The third-order valence-electron chi connectivity index (χ3n) is 4.33. The first-order chi connectivity index (χ1) is 12.8. The van der Waals surface area contributed by atoms with Gasteiger partial charge in [0.05, 0.1) is 24.1 Å². The average molecular weight is 392 g/mol. The fourth-order valence-corrected chi connectivity index (χ4v) is 3.98. The van der Waals surface area contributed by atoms with Gasteiger partial charge in [-0.25, -0.2) is 12.8 Å². The van der Waals surface area contributed by atoms with E-state index in [1.807, 2.05) is 32.0 Å². The summed E-state index contributed by atoms with van der Waals surface area (Å²) in [5, 5.41) is 2.60. The molecular weight excluding hydrogens is 367 g/mol. The van der Waals surface area contributed by atoms with Crippen molar-refractivity contribution in [2.75, 3.05) is 23.7 Å². The lowest BCUT2D eigenvalue weighted by atomic mass is 10.0. The van der Waals surface area contributed by atoms with Crippen LogP contribution in [0.4, 0.5) is 10.1 Å². The summed E-state index contributed by atoms with van der Waals surface area (Å²) in [5.74, 6) is -1.18. The van der Waals surface area contributed by atoms with Gasteiger partial charge in [-0.15, -0.1) is 0 Å². The molecule has 0 fully saturated rings. The minimum atomic E-state index is -3.55. The van der Waals surface area contributed by atoms with Gasteiger partial charge in [0, 0.05) is 6.54 Å². The first-order valence-electron chi connectivity index (χ1n) is 8.90. The number of amides is 1. The van der Waals surface area contributed by atoms with Crippen molar-refractivity contribution in [2.45, 2.75) is 26.7 Å². The number of carbonyl (C=O) groups is 1. The molecule has 27 heavy (non-hydrogen) atoms. The van der Waals surface area contributed by atoms with Crippen LogP contribution in [0, 0.1) is 5.82 Å². The molecule has 0 aromatic heterocycles. The fourth-order valence-electron chi connectivity index (χ4n) is 2.99. The molecule has 5 nitrogen and oxygen atoms in total. The van der Waals surface area contributed by atoms with E-state index in [0.717, 1.165) is 17.4 Å². The molecule has 0 aliphatic rings. The molecule has 0 radical (unpaired) electrons. The molecule has 2 rings (SSSR count). The van der Waals surface area contributed by atoms with Crippen LogP contribution in [0.3, 0.4) is 0 Å². The minimum absolute atomic E-state index is 0.0633. The van der Waals surface area contributed by atoms with Gasteiger partial charge in [-0.2, -0.15) is 0 Å². The first-order valence-corrected chi connectivity index (χ1v) is 10.8. The van der Waals surface area contributed by atoms with Crippen LogP contribution in [0.15, 0.2) is 42.5 Å². The molecule has 2 aromatic carbocycles. The third kappa shape index (κ3) is 5.07. The van der Waals surface area contributed by atoms with Gasteiger partial charge in [-0.1, -0.05) is 44.2 Å². The van der Waals surface area contributed by atoms with E-state index in [-0.39, 0.29) is 18.7 Å². The first kappa shape index (κ1) is 20.9. The summed E-state index contributed by atoms with van der Waals surface area (Å²) in [4.78, 5) is 12.2. The Balaban J connectivity index is 2.23. The largest absolute Gasteiger partial charge is 0.350 e. The highest BCUT2D eigenvalue weighted by Crippen LogP contribution is 2.28. The molecule has 0 saturated carbocycles. The van der Waals surface area contributed by atoms with Crippen molar-refractivity contribution in [1.29, 1.82) is 0 Å². The Bertz CT molecular complexity index is 891. The standard InChI is InChI=1S/C20H25FN2O3S/c1-4-15-9-8-10-16(5-2)19(15)23(27(3,25)26)14-13-22-20(24)17-11-6-7-12-18(17)21/h6-12H,4-5,13-14H2,1-3H3,(H,22,24). The number of hydrogen-bond acceptors (Lipinski definition) is 3. The second-order valence-electron chi connectivity index (χ2n) is 6.20. The van der Waals surface area contributed by atoms with Gasteiger partial charge in [0.1, 0.15) is 5.82 Å². The number of nitrogens with zero attached hydrogens (tertiary/aromatic N) is 1. The summed E-state index contributed by atoms with van der Waals surface area (Å²) in [5.41, 5.74) is 2.47. The lowest BCUT2D eigenvalue weighted by molar-refractivity contribution is 0.0951. The normalized spacial score (nSPS) is 11.3. The molecule has 1 amide bonds. The Morgan fingerprint density at radius 2 is 1.63 bits per heavy atom. The Morgan fingerprint density at radius 3 is 2.15 bits per heavy atom. The molecule has 0 spiro atoms. The van der Waals surface area contributed by atoms with Gasteiger partial charge in [0.15, 0.2) is 0 Å². The van der Waals surface area contributed by atoms with Crippen LogP contribution >= 0.6 is 0 Å². The molecule has 0 aliphatic heterocycles.